The lowest BCUT2D eigenvalue weighted by Gasteiger charge is -2.30. The zero-order chi connectivity index (χ0) is 9.61. The van der Waals surface area contributed by atoms with E-state index in [-0.39, 0.29) is 6.10 Å². The molecule has 0 spiro atoms. The highest BCUT2D eigenvalue weighted by Crippen LogP contribution is 2.16. The summed E-state index contributed by atoms with van der Waals surface area (Å²) in [6, 6.07) is 0. The summed E-state index contributed by atoms with van der Waals surface area (Å²) in [5.74, 6) is -0.877. The Kier molecular flexibility index (Phi) is 5.46. The summed E-state index contributed by atoms with van der Waals surface area (Å²) in [5, 5.41) is 0. The Morgan fingerprint density at radius 3 is 1.75 bits per heavy atom. The molecular formula is C9H20O3. The highest BCUT2D eigenvalue weighted by molar-refractivity contribution is 4.50. The molecule has 0 saturated heterocycles. The first-order valence-electron chi connectivity index (χ1n) is 4.49. The fraction of sp³-hybridized carbons (Fsp3) is 1.00. The molecule has 74 valence electrons. The fourth-order valence-electron chi connectivity index (χ4n) is 1.06. The Morgan fingerprint density at radius 1 is 1.08 bits per heavy atom. The number of hydrogen-bond acceptors (Lipinski definition) is 3. The molecule has 0 N–H and O–H groups in total. The van der Waals surface area contributed by atoms with Crippen molar-refractivity contribution in [3.63, 3.8) is 0 Å². The average Bonchev–Trinajstić information content (AvgIpc) is 1.85. The van der Waals surface area contributed by atoms with E-state index in [4.69, 9.17) is 14.2 Å². The van der Waals surface area contributed by atoms with Crippen molar-refractivity contribution in [2.24, 2.45) is 0 Å². The van der Waals surface area contributed by atoms with Gasteiger partial charge in [-0.1, -0.05) is 0 Å². The van der Waals surface area contributed by atoms with Crippen LogP contribution in [-0.4, -0.2) is 25.3 Å². The van der Waals surface area contributed by atoms with Crippen LogP contribution in [-0.2, 0) is 14.2 Å². The third-order valence-electron chi connectivity index (χ3n) is 1.26. The fourth-order valence-corrected chi connectivity index (χ4v) is 1.06. The van der Waals surface area contributed by atoms with Gasteiger partial charge in [-0.05, 0) is 27.7 Å². The molecule has 0 heterocycles. The van der Waals surface area contributed by atoms with E-state index in [9.17, 15) is 0 Å². The van der Waals surface area contributed by atoms with E-state index in [1.165, 1.54) is 0 Å². The molecule has 0 aromatic carbocycles. The molecule has 0 unspecified atom stereocenters. The van der Waals surface area contributed by atoms with Crippen LogP contribution < -0.4 is 0 Å². The van der Waals surface area contributed by atoms with E-state index < -0.39 is 5.97 Å². The Hall–Kier alpha value is -0.120. The predicted octanol–water partition coefficient (Wildman–Crippen LogP) is 2.16. The first-order valence-corrected chi connectivity index (χ1v) is 4.49. The molecule has 0 radical (unpaired) electrons. The van der Waals surface area contributed by atoms with E-state index in [1.807, 2.05) is 27.7 Å². The summed E-state index contributed by atoms with van der Waals surface area (Å²) < 4.78 is 16.1. The molecule has 0 fully saturated rings. The minimum absolute atomic E-state index is 0.105. The van der Waals surface area contributed by atoms with E-state index in [0.29, 0.717) is 13.2 Å². The van der Waals surface area contributed by atoms with Gasteiger partial charge in [0.2, 0.25) is 0 Å². The second-order valence-corrected chi connectivity index (χ2v) is 2.90. The van der Waals surface area contributed by atoms with Crippen molar-refractivity contribution < 1.29 is 14.2 Å². The van der Waals surface area contributed by atoms with Crippen LogP contribution in [0.3, 0.4) is 0 Å². The smallest absolute Gasteiger partial charge is 0.280 e. The van der Waals surface area contributed by atoms with Gasteiger partial charge in [0.05, 0.1) is 6.10 Å². The summed E-state index contributed by atoms with van der Waals surface area (Å²) in [6.45, 7) is 10.7. The van der Waals surface area contributed by atoms with Crippen LogP contribution in [0, 0.1) is 0 Å². The zero-order valence-corrected chi connectivity index (χ0v) is 8.72. The van der Waals surface area contributed by atoms with Crippen LogP contribution in [0.15, 0.2) is 0 Å². The molecule has 0 amide bonds. The molecule has 0 rings (SSSR count). The summed E-state index contributed by atoms with van der Waals surface area (Å²) in [4.78, 5) is 0. The minimum atomic E-state index is -0.877. The van der Waals surface area contributed by atoms with Gasteiger partial charge in [0.15, 0.2) is 0 Å². The lowest BCUT2D eigenvalue weighted by Crippen LogP contribution is -2.38. The van der Waals surface area contributed by atoms with Gasteiger partial charge in [-0.25, -0.2) is 0 Å². The molecule has 3 nitrogen and oxygen atoms in total. The van der Waals surface area contributed by atoms with E-state index in [2.05, 4.69) is 0 Å². The van der Waals surface area contributed by atoms with Gasteiger partial charge in [-0.3, -0.25) is 0 Å². The van der Waals surface area contributed by atoms with Gasteiger partial charge in [0.25, 0.3) is 5.97 Å². The van der Waals surface area contributed by atoms with Crippen molar-refractivity contribution in [1.82, 2.24) is 0 Å². The summed E-state index contributed by atoms with van der Waals surface area (Å²) >= 11 is 0. The van der Waals surface area contributed by atoms with Crippen molar-refractivity contribution in [2.45, 2.75) is 46.7 Å². The minimum Gasteiger partial charge on any atom is -0.328 e. The van der Waals surface area contributed by atoms with Crippen LogP contribution in [0.2, 0.25) is 0 Å². The molecule has 0 aromatic rings. The maximum absolute atomic E-state index is 5.47. The molecule has 0 bridgehead atoms. The van der Waals surface area contributed by atoms with E-state index in [0.717, 1.165) is 0 Å². The highest BCUT2D eigenvalue weighted by Gasteiger charge is 2.26. The van der Waals surface area contributed by atoms with Crippen molar-refractivity contribution in [1.29, 1.82) is 0 Å². The molecule has 0 saturated carbocycles. The third-order valence-corrected chi connectivity index (χ3v) is 1.26. The van der Waals surface area contributed by atoms with E-state index in [1.54, 1.807) is 6.92 Å². The predicted molar refractivity (Wildman–Crippen MR) is 47.9 cm³/mol. The van der Waals surface area contributed by atoms with Crippen LogP contribution in [0.25, 0.3) is 0 Å². The Labute approximate surface area is 75.0 Å². The van der Waals surface area contributed by atoms with Crippen LogP contribution >= 0.6 is 0 Å². The number of ether oxygens (including phenoxy) is 3. The van der Waals surface area contributed by atoms with Crippen LogP contribution in [0.4, 0.5) is 0 Å². The third kappa shape index (κ3) is 4.70. The molecule has 0 aliphatic heterocycles. The van der Waals surface area contributed by atoms with Crippen molar-refractivity contribution in [2.75, 3.05) is 13.2 Å². The molecule has 0 aromatic heterocycles. The highest BCUT2D eigenvalue weighted by atomic mass is 16.9. The second kappa shape index (κ2) is 5.51. The quantitative estimate of drug-likeness (QED) is 0.580. The first-order chi connectivity index (χ1) is 5.54. The topological polar surface area (TPSA) is 27.7 Å². The summed E-state index contributed by atoms with van der Waals surface area (Å²) in [5.41, 5.74) is 0. The maximum Gasteiger partial charge on any atom is 0.280 e. The number of hydrogen-bond donors (Lipinski definition) is 0. The van der Waals surface area contributed by atoms with E-state index >= 15 is 0 Å². The lowest BCUT2D eigenvalue weighted by molar-refractivity contribution is -0.377. The lowest BCUT2D eigenvalue weighted by atomic mass is 10.4. The SMILES string of the molecule is CCOC(C)(OCC)OC(C)C. The maximum atomic E-state index is 5.47. The molecule has 3 heteroatoms. The normalized spacial score (nSPS) is 12.5. The summed E-state index contributed by atoms with van der Waals surface area (Å²) in [6.07, 6.45) is 0.105. The Balaban J connectivity index is 3.98. The molecule has 0 aliphatic rings. The van der Waals surface area contributed by atoms with Gasteiger partial charge >= 0.3 is 0 Å². The largest absolute Gasteiger partial charge is 0.328 e. The summed E-state index contributed by atoms with van der Waals surface area (Å²) in [7, 11) is 0. The van der Waals surface area contributed by atoms with Gasteiger partial charge < -0.3 is 14.2 Å². The Morgan fingerprint density at radius 2 is 1.50 bits per heavy atom. The van der Waals surface area contributed by atoms with Gasteiger partial charge in [-0.15, -0.1) is 0 Å². The molecular weight excluding hydrogens is 156 g/mol. The number of rotatable bonds is 6. The molecule has 0 atom stereocenters. The van der Waals surface area contributed by atoms with Crippen molar-refractivity contribution >= 4 is 0 Å². The van der Waals surface area contributed by atoms with Gasteiger partial charge in [-0.2, -0.15) is 0 Å². The van der Waals surface area contributed by atoms with Crippen molar-refractivity contribution in [3.8, 4) is 0 Å². The standard InChI is InChI=1S/C9H20O3/c1-6-10-9(5,11-7-2)12-8(3)4/h8H,6-7H2,1-5H3. The molecule has 12 heavy (non-hydrogen) atoms. The monoisotopic (exact) mass is 176 g/mol. The van der Waals surface area contributed by atoms with Crippen LogP contribution in [0.1, 0.15) is 34.6 Å². The average molecular weight is 176 g/mol. The van der Waals surface area contributed by atoms with Gasteiger partial charge in [0.1, 0.15) is 0 Å². The van der Waals surface area contributed by atoms with Crippen molar-refractivity contribution in [3.05, 3.63) is 0 Å². The Bertz CT molecular complexity index is 106. The first kappa shape index (κ1) is 11.9. The zero-order valence-electron chi connectivity index (χ0n) is 8.72. The second-order valence-electron chi connectivity index (χ2n) is 2.90. The molecule has 0 aliphatic carbocycles. The van der Waals surface area contributed by atoms with Gasteiger partial charge in [0, 0.05) is 20.1 Å². The van der Waals surface area contributed by atoms with Crippen LogP contribution in [0.5, 0.6) is 0 Å².